The van der Waals surface area contributed by atoms with Crippen molar-refractivity contribution in [3.05, 3.63) is 54.1 Å². The van der Waals surface area contributed by atoms with E-state index in [4.69, 9.17) is 9.47 Å². The SMILES string of the molecule is CN(CCCOc1cccc(S(C)(=O)=O)c1)C(=O)c1ccc(S(=O)(=O)N2CCOCC2)cc1. The van der Waals surface area contributed by atoms with Gasteiger partial charge >= 0.3 is 0 Å². The fourth-order valence-corrected chi connectivity index (χ4v) is 5.38. The average Bonchev–Trinajstić information content (AvgIpc) is 2.81. The van der Waals surface area contributed by atoms with E-state index in [-0.39, 0.29) is 15.7 Å². The number of amides is 1. The van der Waals surface area contributed by atoms with Crippen molar-refractivity contribution in [2.75, 3.05) is 52.8 Å². The number of hydrogen-bond acceptors (Lipinski definition) is 7. The molecule has 0 radical (unpaired) electrons. The van der Waals surface area contributed by atoms with Crippen molar-refractivity contribution in [3.63, 3.8) is 0 Å². The van der Waals surface area contributed by atoms with Crippen LogP contribution in [0.2, 0.25) is 0 Å². The van der Waals surface area contributed by atoms with Crippen molar-refractivity contribution < 1.29 is 31.1 Å². The molecule has 0 aromatic heterocycles. The first kappa shape index (κ1) is 25.2. The average molecular weight is 497 g/mol. The summed E-state index contributed by atoms with van der Waals surface area (Å²) < 4.78 is 60.8. The molecule has 9 nitrogen and oxygen atoms in total. The molecule has 2 aromatic rings. The highest BCUT2D eigenvalue weighted by Gasteiger charge is 2.26. The summed E-state index contributed by atoms with van der Waals surface area (Å²) >= 11 is 0. The Kier molecular flexibility index (Phi) is 8.11. The second-order valence-electron chi connectivity index (χ2n) is 7.72. The van der Waals surface area contributed by atoms with Crippen LogP contribution in [-0.2, 0) is 24.6 Å². The van der Waals surface area contributed by atoms with Crippen molar-refractivity contribution >= 4 is 25.8 Å². The van der Waals surface area contributed by atoms with Gasteiger partial charge in [-0.3, -0.25) is 4.79 Å². The summed E-state index contributed by atoms with van der Waals surface area (Å²) in [5.74, 6) is 0.216. The van der Waals surface area contributed by atoms with Crippen LogP contribution in [0.3, 0.4) is 0 Å². The molecule has 0 aliphatic carbocycles. The van der Waals surface area contributed by atoms with Crippen LogP contribution in [-0.4, -0.2) is 84.7 Å². The first-order chi connectivity index (χ1) is 15.6. The minimum Gasteiger partial charge on any atom is -0.493 e. The number of carbonyl (C=O) groups is 1. The molecule has 1 fully saturated rings. The smallest absolute Gasteiger partial charge is 0.253 e. The Balaban J connectivity index is 1.52. The second-order valence-corrected chi connectivity index (χ2v) is 11.7. The lowest BCUT2D eigenvalue weighted by atomic mass is 10.2. The van der Waals surface area contributed by atoms with Crippen molar-refractivity contribution in [2.45, 2.75) is 16.2 Å². The molecule has 0 bridgehead atoms. The van der Waals surface area contributed by atoms with Gasteiger partial charge in [-0.05, 0) is 48.9 Å². The normalized spacial score (nSPS) is 15.2. The molecule has 0 unspecified atom stereocenters. The summed E-state index contributed by atoms with van der Waals surface area (Å²) in [5.41, 5.74) is 0.389. The van der Waals surface area contributed by atoms with Gasteiger partial charge in [-0.2, -0.15) is 4.31 Å². The fourth-order valence-electron chi connectivity index (χ4n) is 3.31. The number of sulfonamides is 1. The maximum Gasteiger partial charge on any atom is 0.253 e. The second kappa shape index (κ2) is 10.6. The highest BCUT2D eigenvalue weighted by atomic mass is 32.2. The number of carbonyl (C=O) groups excluding carboxylic acids is 1. The Bertz CT molecular complexity index is 1170. The third kappa shape index (κ3) is 6.53. The fraction of sp³-hybridized carbons (Fsp3) is 0.409. The topological polar surface area (TPSA) is 110 Å². The van der Waals surface area contributed by atoms with E-state index in [1.807, 2.05) is 0 Å². The van der Waals surface area contributed by atoms with Crippen LogP contribution < -0.4 is 4.74 Å². The predicted molar refractivity (Wildman–Crippen MR) is 123 cm³/mol. The molecule has 0 spiro atoms. The minimum absolute atomic E-state index is 0.147. The van der Waals surface area contributed by atoms with Crippen LogP contribution in [0.25, 0.3) is 0 Å². The lowest BCUT2D eigenvalue weighted by Crippen LogP contribution is -2.40. The molecule has 3 rings (SSSR count). The van der Waals surface area contributed by atoms with E-state index < -0.39 is 19.9 Å². The number of rotatable bonds is 9. The number of ether oxygens (including phenoxy) is 2. The van der Waals surface area contributed by atoms with Gasteiger partial charge in [-0.25, -0.2) is 16.8 Å². The molecule has 1 aliphatic heterocycles. The van der Waals surface area contributed by atoms with E-state index in [1.54, 1.807) is 19.2 Å². The van der Waals surface area contributed by atoms with Gasteiger partial charge in [-0.1, -0.05) is 6.07 Å². The number of hydrogen-bond donors (Lipinski definition) is 0. The van der Waals surface area contributed by atoms with Crippen LogP contribution in [0.1, 0.15) is 16.8 Å². The number of sulfone groups is 1. The van der Waals surface area contributed by atoms with E-state index in [1.165, 1.54) is 45.6 Å². The first-order valence-electron chi connectivity index (χ1n) is 10.5. The Hall–Kier alpha value is -2.47. The zero-order valence-electron chi connectivity index (χ0n) is 18.6. The Morgan fingerprint density at radius 2 is 1.70 bits per heavy atom. The largest absolute Gasteiger partial charge is 0.493 e. The number of benzene rings is 2. The highest BCUT2D eigenvalue weighted by Crippen LogP contribution is 2.19. The van der Waals surface area contributed by atoms with Gasteiger partial charge in [0.05, 0.1) is 29.6 Å². The summed E-state index contributed by atoms with van der Waals surface area (Å²) in [6.45, 7) is 2.08. The summed E-state index contributed by atoms with van der Waals surface area (Å²) in [7, 11) is -5.26. The molecule has 11 heteroatoms. The third-order valence-electron chi connectivity index (χ3n) is 5.20. The molecule has 1 aliphatic rings. The van der Waals surface area contributed by atoms with Gasteiger partial charge in [0.25, 0.3) is 5.91 Å². The van der Waals surface area contributed by atoms with Crippen LogP contribution in [0.5, 0.6) is 5.75 Å². The third-order valence-corrected chi connectivity index (χ3v) is 8.22. The molecule has 0 saturated carbocycles. The first-order valence-corrected chi connectivity index (χ1v) is 13.8. The van der Waals surface area contributed by atoms with Crippen LogP contribution in [0, 0.1) is 0 Å². The van der Waals surface area contributed by atoms with Gasteiger partial charge in [0.2, 0.25) is 10.0 Å². The van der Waals surface area contributed by atoms with E-state index in [2.05, 4.69) is 0 Å². The lowest BCUT2D eigenvalue weighted by Gasteiger charge is -2.26. The Morgan fingerprint density at radius 1 is 1.03 bits per heavy atom. The zero-order valence-corrected chi connectivity index (χ0v) is 20.3. The van der Waals surface area contributed by atoms with Gasteiger partial charge in [0, 0.05) is 38.5 Å². The quantitative estimate of drug-likeness (QED) is 0.486. The standard InChI is InChI=1S/C22H28N2O7S2/c1-23(11-4-14-31-19-5-3-6-21(17-19)32(2,26)27)22(25)18-7-9-20(10-8-18)33(28,29)24-12-15-30-16-13-24/h3,5-10,17H,4,11-16H2,1-2H3. The molecule has 0 atom stereocenters. The zero-order chi connectivity index (χ0) is 24.1. The molecule has 1 heterocycles. The summed E-state index contributed by atoms with van der Waals surface area (Å²) in [6.07, 6.45) is 1.67. The minimum atomic E-state index is -3.61. The van der Waals surface area contributed by atoms with Crippen LogP contribution >= 0.6 is 0 Å². The Labute approximate surface area is 194 Å². The number of nitrogens with zero attached hydrogens (tertiary/aromatic N) is 2. The number of morpholine rings is 1. The summed E-state index contributed by atoms with van der Waals surface area (Å²) in [5, 5.41) is 0. The van der Waals surface area contributed by atoms with Gasteiger partial charge in [-0.15, -0.1) is 0 Å². The highest BCUT2D eigenvalue weighted by molar-refractivity contribution is 7.90. The molecular weight excluding hydrogens is 468 g/mol. The maximum atomic E-state index is 12.7. The van der Waals surface area contributed by atoms with Crippen molar-refractivity contribution in [3.8, 4) is 5.75 Å². The van der Waals surface area contributed by atoms with Gasteiger partial charge < -0.3 is 14.4 Å². The van der Waals surface area contributed by atoms with E-state index >= 15 is 0 Å². The van der Waals surface area contributed by atoms with Gasteiger partial charge in [0.1, 0.15) is 5.75 Å². The van der Waals surface area contributed by atoms with Crippen molar-refractivity contribution in [2.24, 2.45) is 0 Å². The summed E-state index contributed by atoms with van der Waals surface area (Å²) in [6, 6.07) is 12.2. The predicted octanol–water partition coefficient (Wildman–Crippen LogP) is 1.65. The van der Waals surface area contributed by atoms with Crippen molar-refractivity contribution in [1.82, 2.24) is 9.21 Å². The van der Waals surface area contributed by atoms with Crippen LogP contribution in [0.4, 0.5) is 0 Å². The van der Waals surface area contributed by atoms with Crippen molar-refractivity contribution in [1.29, 1.82) is 0 Å². The summed E-state index contributed by atoms with van der Waals surface area (Å²) in [4.78, 5) is 14.5. The molecule has 33 heavy (non-hydrogen) atoms. The monoisotopic (exact) mass is 496 g/mol. The van der Waals surface area contributed by atoms with E-state index in [0.717, 1.165) is 6.26 Å². The van der Waals surface area contributed by atoms with E-state index in [9.17, 15) is 21.6 Å². The molecule has 1 amide bonds. The molecule has 180 valence electrons. The van der Waals surface area contributed by atoms with Gasteiger partial charge in [0.15, 0.2) is 9.84 Å². The molecule has 1 saturated heterocycles. The molecule has 0 N–H and O–H groups in total. The molecule has 2 aromatic carbocycles. The van der Waals surface area contributed by atoms with E-state index in [0.29, 0.717) is 57.2 Å². The molecular formula is C22H28N2O7S2. The van der Waals surface area contributed by atoms with Crippen LogP contribution in [0.15, 0.2) is 58.3 Å². The maximum absolute atomic E-state index is 12.7. The lowest BCUT2D eigenvalue weighted by molar-refractivity contribution is 0.0730. The Morgan fingerprint density at radius 3 is 2.33 bits per heavy atom.